The summed E-state index contributed by atoms with van der Waals surface area (Å²) in [7, 11) is 4.06. The molecule has 0 fully saturated rings. The lowest BCUT2D eigenvalue weighted by Gasteiger charge is -2.38. The van der Waals surface area contributed by atoms with Crippen LogP contribution in [-0.4, -0.2) is 31.6 Å². The van der Waals surface area contributed by atoms with Crippen LogP contribution in [0.1, 0.15) is 46.2 Å². The number of nitrogens with zero attached hydrogens (tertiary/aromatic N) is 1. The van der Waals surface area contributed by atoms with Crippen LogP contribution in [0.15, 0.2) is 24.3 Å². The van der Waals surface area contributed by atoms with E-state index in [1.807, 2.05) is 19.2 Å². The Balaban J connectivity index is 2.81. The average Bonchev–Trinajstić information content (AvgIpc) is 2.39. The summed E-state index contributed by atoms with van der Waals surface area (Å²) in [5.74, 6) is 0.192. The van der Waals surface area contributed by atoms with Crippen LogP contribution in [0.5, 0.6) is 0 Å². The summed E-state index contributed by atoms with van der Waals surface area (Å²) in [6.07, 6.45) is 0. The van der Waals surface area contributed by atoms with E-state index in [2.05, 4.69) is 51.9 Å². The van der Waals surface area contributed by atoms with Crippen LogP contribution in [0.25, 0.3) is 0 Å². The van der Waals surface area contributed by atoms with Gasteiger partial charge in [0.05, 0.1) is 0 Å². The summed E-state index contributed by atoms with van der Waals surface area (Å²) < 4.78 is 14.0. The van der Waals surface area contributed by atoms with Gasteiger partial charge in [-0.05, 0) is 38.4 Å². The van der Waals surface area contributed by atoms with Crippen molar-refractivity contribution in [3.63, 3.8) is 0 Å². The van der Waals surface area contributed by atoms with Crippen LogP contribution in [0.3, 0.4) is 0 Å². The summed E-state index contributed by atoms with van der Waals surface area (Å²) in [5, 5.41) is 3.28. The van der Waals surface area contributed by atoms with Crippen molar-refractivity contribution in [3.8, 4) is 0 Å². The van der Waals surface area contributed by atoms with Gasteiger partial charge in [0.2, 0.25) is 0 Å². The lowest BCUT2D eigenvalue weighted by molar-refractivity contribution is 0.117. The molecule has 0 spiro atoms. The van der Waals surface area contributed by atoms with Gasteiger partial charge in [0.15, 0.2) is 0 Å². The quantitative estimate of drug-likeness (QED) is 0.850. The molecule has 0 aromatic heterocycles. The van der Waals surface area contributed by atoms with Crippen molar-refractivity contribution >= 4 is 0 Å². The molecular weight excluding hydrogens is 263 g/mol. The van der Waals surface area contributed by atoms with Crippen LogP contribution in [0, 0.1) is 17.2 Å². The summed E-state index contributed by atoms with van der Waals surface area (Å²) in [4.78, 5) is 2.37. The molecule has 120 valence electrons. The molecule has 0 radical (unpaired) electrons. The van der Waals surface area contributed by atoms with Crippen LogP contribution < -0.4 is 5.32 Å². The third-order valence-electron chi connectivity index (χ3n) is 4.61. The average molecular weight is 294 g/mol. The first-order chi connectivity index (χ1) is 9.68. The Kier molecular flexibility index (Phi) is 6.36. The second-order valence-corrected chi connectivity index (χ2v) is 7.25. The third-order valence-corrected chi connectivity index (χ3v) is 4.61. The Morgan fingerprint density at radius 3 is 2.24 bits per heavy atom. The lowest BCUT2D eigenvalue weighted by atomic mass is 9.86. The first kappa shape index (κ1) is 18.1. The molecule has 1 aromatic carbocycles. The van der Waals surface area contributed by atoms with Gasteiger partial charge in [-0.3, -0.25) is 0 Å². The van der Waals surface area contributed by atoms with E-state index in [9.17, 15) is 4.39 Å². The standard InChI is InChI=1S/C18H31FN2/c1-13(12-21(7)14(2)18(3,4)5)17(20-6)15-10-8-9-11-16(15)19/h8-11,13-14,17,20H,12H2,1-7H3. The molecule has 21 heavy (non-hydrogen) atoms. The summed E-state index contributed by atoms with van der Waals surface area (Å²) in [5.41, 5.74) is 0.992. The van der Waals surface area contributed by atoms with E-state index in [4.69, 9.17) is 0 Å². The lowest BCUT2D eigenvalue weighted by Crippen LogP contribution is -2.43. The zero-order chi connectivity index (χ0) is 16.2. The largest absolute Gasteiger partial charge is 0.313 e. The molecule has 0 aliphatic carbocycles. The fourth-order valence-electron chi connectivity index (χ4n) is 2.85. The maximum Gasteiger partial charge on any atom is 0.127 e. The highest BCUT2D eigenvalue weighted by Gasteiger charge is 2.27. The van der Waals surface area contributed by atoms with Crippen molar-refractivity contribution < 1.29 is 4.39 Å². The zero-order valence-electron chi connectivity index (χ0n) is 14.6. The van der Waals surface area contributed by atoms with E-state index in [0.29, 0.717) is 12.0 Å². The van der Waals surface area contributed by atoms with E-state index in [-0.39, 0.29) is 17.3 Å². The van der Waals surface area contributed by atoms with Gasteiger partial charge in [-0.2, -0.15) is 0 Å². The maximum absolute atomic E-state index is 14.0. The molecule has 0 bridgehead atoms. The second kappa shape index (κ2) is 7.37. The molecule has 0 saturated carbocycles. The number of hydrogen-bond acceptors (Lipinski definition) is 2. The van der Waals surface area contributed by atoms with Gasteiger partial charge in [0.25, 0.3) is 0 Å². The minimum atomic E-state index is -0.129. The highest BCUT2D eigenvalue weighted by molar-refractivity contribution is 5.21. The van der Waals surface area contributed by atoms with Gasteiger partial charge in [-0.25, -0.2) is 4.39 Å². The van der Waals surface area contributed by atoms with Gasteiger partial charge >= 0.3 is 0 Å². The molecule has 1 N–H and O–H groups in total. The van der Waals surface area contributed by atoms with E-state index >= 15 is 0 Å². The van der Waals surface area contributed by atoms with Crippen LogP contribution in [0.2, 0.25) is 0 Å². The monoisotopic (exact) mass is 294 g/mol. The van der Waals surface area contributed by atoms with Crippen LogP contribution >= 0.6 is 0 Å². The first-order valence-corrected chi connectivity index (χ1v) is 7.80. The number of benzene rings is 1. The molecule has 3 atom stereocenters. The Hall–Kier alpha value is -0.930. The van der Waals surface area contributed by atoms with Crippen molar-refractivity contribution in [2.75, 3.05) is 20.6 Å². The van der Waals surface area contributed by atoms with Gasteiger partial charge in [0.1, 0.15) is 5.82 Å². The number of rotatable bonds is 6. The Bertz CT molecular complexity index is 439. The molecule has 0 heterocycles. The Morgan fingerprint density at radius 2 is 1.76 bits per heavy atom. The van der Waals surface area contributed by atoms with Gasteiger partial charge in [0, 0.05) is 24.2 Å². The topological polar surface area (TPSA) is 15.3 Å². The predicted molar refractivity (Wildman–Crippen MR) is 88.9 cm³/mol. The first-order valence-electron chi connectivity index (χ1n) is 7.80. The van der Waals surface area contributed by atoms with E-state index in [1.54, 1.807) is 6.07 Å². The molecular formula is C18H31FN2. The minimum Gasteiger partial charge on any atom is -0.313 e. The molecule has 0 amide bonds. The molecule has 1 rings (SSSR count). The van der Waals surface area contributed by atoms with E-state index < -0.39 is 0 Å². The maximum atomic E-state index is 14.0. The highest BCUT2D eigenvalue weighted by Crippen LogP contribution is 2.28. The number of hydrogen-bond donors (Lipinski definition) is 1. The molecule has 3 heteroatoms. The summed E-state index contributed by atoms with van der Waals surface area (Å²) >= 11 is 0. The van der Waals surface area contributed by atoms with Crippen molar-refractivity contribution in [2.24, 2.45) is 11.3 Å². The van der Waals surface area contributed by atoms with Crippen molar-refractivity contribution in [1.82, 2.24) is 10.2 Å². The predicted octanol–water partition coefficient (Wildman–Crippen LogP) is 4.09. The van der Waals surface area contributed by atoms with Crippen molar-refractivity contribution in [1.29, 1.82) is 0 Å². The van der Waals surface area contributed by atoms with Crippen LogP contribution in [0.4, 0.5) is 4.39 Å². The number of nitrogens with one attached hydrogen (secondary N) is 1. The molecule has 0 aliphatic rings. The second-order valence-electron chi connectivity index (χ2n) is 7.25. The van der Waals surface area contributed by atoms with Crippen LogP contribution in [-0.2, 0) is 0 Å². The smallest absolute Gasteiger partial charge is 0.127 e. The fourth-order valence-corrected chi connectivity index (χ4v) is 2.85. The summed E-state index contributed by atoms with van der Waals surface area (Å²) in [6, 6.07) is 7.55. The normalized spacial score (nSPS) is 16.8. The SMILES string of the molecule is CNC(c1ccccc1F)C(C)CN(C)C(C)C(C)(C)C. The molecule has 0 aliphatic heterocycles. The molecule has 2 nitrogen and oxygen atoms in total. The van der Waals surface area contributed by atoms with Crippen molar-refractivity contribution in [2.45, 2.75) is 46.7 Å². The van der Waals surface area contributed by atoms with Gasteiger partial charge in [-0.15, -0.1) is 0 Å². The molecule has 0 saturated heterocycles. The highest BCUT2D eigenvalue weighted by atomic mass is 19.1. The van der Waals surface area contributed by atoms with Gasteiger partial charge in [-0.1, -0.05) is 45.9 Å². The summed E-state index contributed by atoms with van der Waals surface area (Å²) in [6.45, 7) is 12.1. The molecule has 3 unspecified atom stereocenters. The third kappa shape index (κ3) is 4.79. The van der Waals surface area contributed by atoms with Crippen molar-refractivity contribution in [3.05, 3.63) is 35.6 Å². The Labute approximate surface area is 129 Å². The minimum absolute atomic E-state index is 0.0285. The van der Waals surface area contributed by atoms with E-state index in [0.717, 1.165) is 12.1 Å². The zero-order valence-corrected chi connectivity index (χ0v) is 14.6. The van der Waals surface area contributed by atoms with Gasteiger partial charge < -0.3 is 10.2 Å². The Morgan fingerprint density at radius 1 is 1.19 bits per heavy atom. The molecule has 1 aromatic rings. The number of halogens is 1. The fraction of sp³-hybridized carbons (Fsp3) is 0.667. The van der Waals surface area contributed by atoms with E-state index in [1.165, 1.54) is 6.07 Å².